The van der Waals surface area contributed by atoms with Crippen LogP contribution in [0.2, 0.25) is 0 Å². The van der Waals surface area contributed by atoms with E-state index >= 15 is 0 Å². The number of carboxylic acids is 1. The third-order valence-electron chi connectivity index (χ3n) is 6.85. The van der Waals surface area contributed by atoms with Gasteiger partial charge in [-0.05, 0) is 25.3 Å². The molecule has 4 rings (SSSR count). The number of hydrogen-bond donors (Lipinski definition) is 4. The highest BCUT2D eigenvalue weighted by atomic mass is 32.2. The van der Waals surface area contributed by atoms with Crippen LogP contribution in [0.15, 0.2) is 11.8 Å². The van der Waals surface area contributed by atoms with Crippen LogP contribution >= 0.6 is 11.8 Å². The summed E-state index contributed by atoms with van der Waals surface area (Å²) >= 11 is 1.38. The molecule has 4 heterocycles. The van der Waals surface area contributed by atoms with Crippen molar-refractivity contribution in [3.8, 4) is 0 Å². The number of piperazine rings is 1. The van der Waals surface area contributed by atoms with Crippen LogP contribution in [0.4, 0.5) is 0 Å². The zero-order valence-electron chi connectivity index (χ0n) is 17.7. The minimum Gasteiger partial charge on any atom is -0.477 e. The molecule has 170 valence electrons. The number of carboxylic acid groups (broad SMARTS) is 1. The van der Waals surface area contributed by atoms with Crippen molar-refractivity contribution in [1.29, 1.82) is 5.41 Å². The minimum atomic E-state index is -1.14. The third-order valence-corrected chi connectivity index (χ3v) is 8.69. The predicted molar refractivity (Wildman–Crippen MR) is 115 cm³/mol. The summed E-state index contributed by atoms with van der Waals surface area (Å²) in [6, 6.07) is -0.741. The maximum atomic E-state index is 13.1. The first-order valence-corrected chi connectivity index (χ1v) is 11.5. The molecule has 4 N–H and O–H groups in total. The van der Waals surface area contributed by atoms with Gasteiger partial charge in [-0.2, -0.15) is 0 Å². The normalized spacial score (nSPS) is 36.0. The molecular formula is C20H29N5O5S. The number of nitrogens with zero attached hydrogens (tertiary/aromatic N) is 3. The van der Waals surface area contributed by atoms with Crippen molar-refractivity contribution in [2.45, 2.75) is 48.5 Å². The summed E-state index contributed by atoms with van der Waals surface area (Å²) in [4.78, 5) is 42.5. The number of aliphatic hydroxyl groups is 1. The molecule has 10 nitrogen and oxygen atoms in total. The third kappa shape index (κ3) is 3.42. The number of aliphatic hydroxyl groups excluding tert-OH is 1. The number of aliphatic carboxylic acids is 1. The summed E-state index contributed by atoms with van der Waals surface area (Å²) in [6.07, 6.45) is 2.49. The number of rotatable bonds is 6. The molecule has 31 heavy (non-hydrogen) atoms. The second kappa shape index (κ2) is 8.10. The number of fused-ring (bicyclic) bond motifs is 1. The molecule has 0 aromatic rings. The van der Waals surface area contributed by atoms with E-state index < -0.39 is 22.9 Å². The fourth-order valence-corrected chi connectivity index (χ4v) is 7.12. The molecule has 0 aromatic heterocycles. The van der Waals surface area contributed by atoms with Crippen molar-refractivity contribution >= 4 is 35.9 Å². The summed E-state index contributed by atoms with van der Waals surface area (Å²) in [5, 5.41) is 30.6. The van der Waals surface area contributed by atoms with Crippen LogP contribution in [0.3, 0.4) is 0 Å². The van der Waals surface area contributed by atoms with Crippen molar-refractivity contribution in [2.24, 2.45) is 5.92 Å². The van der Waals surface area contributed by atoms with Crippen LogP contribution in [0, 0.1) is 11.3 Å². The smallest absolute Gasteiger partial charge is 0.352 e. The lowest BCUT2D eigenvalue weighted by Crippen LogP contribution is -2.76. The SMILES string of the molecule is CC1C=C(C(=O)O)N2C(=O)C(SC3CNC(C(=O)N4CCN(C=N)CC4)C3)(C(C)O)[C@H]12. The van der Waals surface area contributed by atoms with E-state index in [0.29, 0.717) is 39.1 Å². The summed E-state index contributed by atoms with van der Waals surface area (Å²) in [7, 11) is 0. The molecular weight excluding hydrogens is 422 g/mol. The van der Waals surface area contributed by atoms with Gasteiger partial charge in [0.25, 0.3) is 0 Å². The van der Waals surface area contributed by atoms with Crippen LogP contribution in [-0.2, 0) is 14.4 Å². The van der Waals surface area contributed by atoms with Gasteiger partial charge in [-0.15, -0.1) is 11.8 Å². The van der Waals surface area contributed by atoms with Crippen LogP contribution in [0.1, 0.15) is 20.3 Å². The maximum absolute atomic E-state index is 13.1. The van der Waals surface area contributed by atoms with Gasteiger partial charge in [-0.3, -0.25) is 19.9 Å². The van der Waals surface area contributed by atoms with Crippen molar-refractivity contribution in [3.63, 3.8) is 0 Å². The monoisotopic (exact) mass is 451 g/mol. The van der Waals surface area contributed by atoms with Gasteiger partial charge in [0.15, 0.2) is 0 Å². The molecule has 3 fully saturated rings. The first-order chi connectivity index (χ1) is 14.7. The number of carbonyl (C=O) groups is 3. The molecule has 4 aliphatic rings. The van der Waals surface area contributed by atoms with Crippen LogP contribution in [0.25, 0.3) is 0 Å². The van der Waals surface area contributed by atoms with E-state index in [4.69, 9.17) is 5.41 Å². The topological polar surface area (TPSA) is 137 Å². The van der Waals surface area contributed by atoms with Crippen molar-refractivity contribution in [2.75, 3.05) is 32.7 Å². The molecule has 6 atom stereocenters. The molecule has 5 unspecified atom stereocenters. The average molecular weight is 452 g/mol. The van der Waals surface area contributed by atoms with E-state index in [1.54, 1.807) is 13.0 Å². The quantitative estimate of drug-likeness (QED) is 0.233. The Hall–Kier alpha value is -2.11. The number of hydrogen-bond acceptors (Lipinski definition) is 7. The maximum Gasteiger partial charge on any atom is 0.352 e. The van der Waals surface area contributed by atoms with Gasteiger partial charge >= 0.3 is 5.97 Å². The molecule has 3 saturated heterocycles. The van der Waals surface area contributed by atoms with Gasteiger partial charge in [0, 0.05) is 38.0 Å². The van der Waals surface area contributed by atoms with Crippen LogP contribution in [0.5, 0.6) is 0 Å². The predicted octanol–water partition coefficient (Wildman–Crippen LogP) is -0.850. The fraction of sp³-hybridized carbons (Fsp3) is 0.700. The van der Waals surface area contributed by atoms with Gasteiger partial charge in [0.1, 0.15) is 10.4 Å². The Balaban J connectivity index is 1.42. The van der Waals surface area contributed by atoms with Crippen molar-refractivity contribution < 1.29 is 24.6 Å². The lowest BCUT2D eigenvalue weighted by Gasteiger charge is -2.56. The number of nitrogens with one attached hydrogen (secondary N) is 2. The highest BCUT2D eigenvalue weighted by Gasteiger charge is 2.69. The largest absolute Gasteiger partial charge is 0.477 e. The Morgan fingerprint density at radius 3 is 2.61 bits per heavy atom. The van der Waals surface area contributed by atoms with E-state index in [-0.39, 0.29) is 34.7 Å². The molecule has 0 bridgehead atoms. The molecule has 11 heteroatoms. The van der Waals surface area contributed by atoms with Crippen LogP contribution < -0.4 is 5.32 Å². The molecule has 0 spiro atoms. The highest BCUT2D eigenvalue weighted by molar-refractivity contribution is 8.02. The summed E-state index contributed by atoms with van der Waals surface area (Å²) in [5.41, 5.74) is -0.0129. The standard InChI is InChI=1S/C20H29N5O5S/c1-11-7-15(18(28)29)25-16(11)20(12(2)26,19(25)30)31-13-8-14(22-9-13)17(27)24-5-3-23(10-21)4-6-24/h7,10-14,16,21-22,26H,3-6,8-9H2,1-2H3,(H,28,29)/t11?,12?,13?,14?,16-,20?/m0/s1. The molecule has 0 radical (unpaired) electrons. The Morgan fingerprint density at radius 1 is 1.35 bits per heavy atom. The van der Waals surface area contributed by atoms with Crippen molar-refractivity contribution in [1.82, 2.24) is 20.0 Å². The van der Waals surface area contributed by atoms with Gasteiger partial charge in [-0.1, -0.05) is 6.92 Å². The van der Waals surface area contributed by atoms with Crippen molar-refractivity contribution in [3.05, 3.63) is 11.8 Å². The molecule has 0 saturated carbocycles. The molecule has 0 aromatic carbocycles. The lowest BCUT2D eigenvalue weighted by atomic mass is 9.78. The Bertz CT molecular complexity index is 827. The number of carbonyl (C=O) groups excluding carboxylic acids is 2. The molecule has 4 aliphatic heterocycles. The Labute approximate surface area is 185 Å². The zero-order chi connectivity index (χ0) is 22.5. The zero-order valence-corrected chi connectivity index (χ0v) is 18.5. The van der Waals surface area contributed by atoms with E-state index in [9.17, 15) is 24.6 Å². The number of β-lactam (4-membered cyclic amide) rings is 1. The summed E-state index contributed by atoms with van der Waals surface area (Å²) in [6.45, 7) is 6.45. The first-order valence-electron chi connectivity index (χ1n) is 10.6. The second-order valence-corrected chi connectivity index (χ2v) is 10.3. The van der Waals surface area contributed by atoms with Gasteiger partial charge in [0.2, 0.25) is 11.8 Å². The van der Waals surface area contributed by atoms with Gasteiger partial charge < -0.3 is 25.3 Å². The van der Waals surface area contributed by atoms with Gasteiger partial charge in [-0.25, -0.2) is 4.79 Å². The van der Waals surface area contributed by atoms with E-state index in [2.05, 4.69) is 5.32 Å². The summed E-state index contributed by atoms with van der Waals surface area (Å²) < 4.78 is -1.10. The first kappa shape index (κ1) is 22.1. The Morgan fingerprint density at radius 2 is 2.03 bits per heavy atom. The van der Waals surface area contributed by atoms with E-state index in [1.807, 2.05) is 16.7 Å². The van der Waals surface area contributed by atoms with E-state index in [0.717, 1.165) is 0 Å². The lowest BCUT2D eigenvalue weighted by molar-refractivity contribution is -0.158. The van der Waals surface area contributed by atoms with E-state index in [1.165, 1.54) is 23.0 Å². The van der Waals surface area contributed by atoms with Gasteiger partial charge in [0.05, 0.1) is 24.5 Å². The highest BCUT2D eigenvalue weighted by Crippen LogP contribution is 2.55. The second-order valence-electron chi connectivity index (χ2n) is 8.73. The number of amides is 2. The molecule has 0 aliphatic carbocycles. The number of thioether (sulfide) groups is 1. The van der Waals surface area contributed by atoms with Crippen LogP contribution in [-0.4, -0.2) is 110 Å². The average Bonchev–Trinajstić information content (AvgIpc) is 3.34. The molecule has 2 amide bonds. The fourth-order valence-electron chi connectivity index (χ4n) is 5.24. The summed E-state index contributed by atoms with van der Waals surface area (Å²) in [5.74, 6) is -1.65. The Kier molecular flexibility index (Phi) is 5.78. The minimum absolute atomic E-state index is 0.0129.